The number of amides is 1. The van der Waals surface area contributed by atoms with Gasteiger partial charge >= 0.3 is 0 Å². The zero-order chi connectivity index (χ0) is 19.2. The fourth-order valence-corrected chi connectivity index (χ4v) is 2.59. The molecule has 0 fully saturated rings. The molecule has 0 aliphatic rings. The first kappa shape index (κ1) is 18.5. The van der Waals surface area contributed by atoms with E-state index >= 15 is 0 Å². The topological polar surface area (TPSA) is 88.6 Å². The Bertz CT molecular complexity index is 985. The van der Waals surface area contributed by atoms with Crippen molar-refractivity contribution in [2.75, 3.05) is 14.2 Å². The molecule has 0 aliphatic heterocycles. The van der Waals surface area contributed by atoms with Crippen LogP contribution in [0.15, 0.2) is 53.6 Å². The van der Waals surface area contributed by atoms with Gasteiger partial charge in [0.2, 0.25) is 0 Å². The quantitative estimate of drug-likeness (QED) is 0.502. The van der Waals surface area contributed by atoms with E-state index in [0.29, 0.717) is 22.2 Å². The predicted molar refractivity (Wildman–Crippen MR) is 104 cm³/mol. The second-order valence-electron chi connectivity index (χ2n) is 5.49. The molecule has 3 rings (SSSR count). The molecule has 7 nitrogen and oxygen atoms in total. The summed E-state index contributed by atoms with van der Waals surface area (Å²) in [6, 6.07) is 14.1. The van der Waals surface area contributed by atoms with Crippen molar-refractivity contribution in [3.63, 3.8) is 0 Å². The monoisotopic (exact) mass is 384 g/mol. The van der Waals surface area contributed by atoms with Crippen molar-refractivity contribution in [1.29, 1.82) is 0 Å². The van der Waals surface area contributed by atoms with Gasteiger partial charge in [-0.05, 0) is 42.0 Å². The van der Waals surface area contributed by atoms with Gasteiger partial charge in [-0.15, -0.1) is 0 Å². The first-order chi connectivity index (χ1) is 13.1. The number of ether oxygens (including phenoxy) is 2. The number of carbonyl (C=O) groups is 1. The SMILES string of the molecule is COc1ccc(-c2cc(C(=O)N/N=C\c3cccc(Cl)c3)[nH]n2)cc1OC. The highest BCUT2D eigenvalue weighted by Crippen LogP contribution is 2.31. The van der Waals surface area contributed by atoms with Crippen LogP contribution in [0.3, 0.4) is 0 Å². The number of aromatic amines is 1. The molecule has 27 heavy (non-hydrogen) atoms. The van der Waals surface area contributed by atoms with Crippen LogP contribution in [0.25, 0.3) is 11.3 Å². The third-order valence-electron chi connectivity index (χ3n) is 3.73. The largest absolute Gasteiger partial charge is 0.493 e. The van der Waals surface area contributed by atoms with Crippen molar-refractivity contribution in [3.05, 3.63) is 64.8 Å². The molecule has 0 saturated carbocycles. The van der Waals surface area contributed by atoms with Crippen LogP contribution in [0, 0.1) is 0 Å². The number of hydrogen-bond acceptors (Lipinski definition) is 5. The van der Waals surface area contributed by atoms with E-state index in [1.165, 1.54) is 6.21 Å². The molecule has 3 aromatic rings. The lowest BCUT2D eigenvalue weighted by Gasteiger charge is -2.08. The number of nitrogens with one attached hydrogen (secondary N) is 2. The summed E-state index contributed by atoms with van der Waals surface area (Å²) in [5.74, 6) is 0.785. The summed E-state index contributed by atoms with van der Waals surface area (Å²) in [6.07, 6.45) is 1.51. The molecule has 0 radical (unpaired) electrons. The van der Waals surface area contributed by atoms with Gasteiger partial charge in [0, 0.05) is 10.6 Å². The minimum atomic E-state index is -0.410. The van der Waals surface area contributed by atoms with Crippen molar-refractivity contribution in [3.8, 4) is 22.8 Å². The number of methoxy groups -OCH3 is 2. The summed E-state index contributed by atoms with van der Waals surface area (Å²) in [4.78, 5) is 12.2. The van der Waals surface area contributed by atoms with Crippen LogP contribution in [-0.2, 0) is 0 Å². The van der Waals surface area contributed by atoms with Crippen molar-refractivity contribution < 1.29 is 14.3 Å². The van der Waals surface area contributed by atoms with E-state index in [-0.39, 0.29) is 5.69 Å². The number of aromatic nitrogens is 2. The number of halogens is 1. The maximum atomic E-state index is 12.2. The average molecular weight is 385 g/mol. The molecule has 0 bridgehead atoms. The van der Waals surface area contributed by atoms with Gasteiger partial charge in [-0.25, -0.2) is 5.43 Å². The van der Waals surface area contributed by atoms with Crippen molar-refractivity contribution in [2.24, 2.45) is 5.10 Å². The van der Waals surface area contributed by atoms with Gasteiger partial charge in [0.15, 0.2) is 11.5 Å². The van der Waals surface area contributed by atoms with Crippen LogP contribution >= 0.6 is 11.6 Å². The molecule has 0 atom stereocenters. The van der Waals surface area contributed by atoms with Crippen LogP contribution < -0.4 is 14.9 Å². The molecule has 0 spiro atoms. The van der Waals surface area contributed by atoms with E-state index in [1.54, 1.807) is 50.6 Å². The molecule has 138 valence electrons. The maximum Gasteiger partial charge on any atom is 0.289 e. The summed E-state index contributed by atoms with van der Waals surface area (Å²) in [6.45, 7) is 0. The number of hydrazone groups is 1. The molecular weight excluding hydrogens is 368 g/mol. The van der Waals surface area contributed by atoms with E-state index in [4.69, 9.17) is 21.1 Å². The summed E-state index contributed by atoms with van der Waals surface area (Å²) in [7, 11) is 3.13. The molecule has 1 amide bonds. The van der Waals surface area contributed by atoms with Gasteiger partial charge < -0.3 is 9.47 Å². The number of hydrogen-bond donors (Lipinski definition) is 2. The predicted octanol–water partition coefficient (Wildman–Crippen LogP) is 3.51. The van der Waals surface area contributed by atoms with Gasteiger partial charge in [-0.2, -0.15) is 10.2 Å². The van der Waals surface area contributed by atoms with E-state index < -0.39 is 5.91 Å². The van der Waals surface area contributed by atoms with Gasteiger partial charge in [-0.1, -0.05) is 23.7 Å². The minimum absolute atomic E-state index is 0.281. The molecule has 0 unspecified atom stereocenters. The number of nitrogens with zero attached hydrogens (tertiary/aromatic N) is 2. The maximum absolute atomic E-state index is 12.2. The number of rotatable bonds is 6. The third-order valence-corrected chi connectivity index (χ3v) is 3.97. The lowest BCUT2D eigenvalue weighted by atomic mass is 10.1. The lowest BCUT2D eigenvalue weighted by Crippen LogP contribution is -2.17. The van der Waals surface area contributed by atoms with Crippen LogP contribution in [0.4, 0.5) is 0 Å². The number of carbonyl (C=O) groups excluding carboxylic acids is 1. The minimum Gasteiger partial charge on any atom is -0.493 e. The second-order valence-corrected chi connectivity index (χ2v) is 5.93. The van der Waals surface area contributed by atoms with Crippen LogP contribution in [0.5, 0.6) is 11.5 Å². The molecule has 2 aromatic carbocycles. The van der Waals surface area contributed by atoms with Crippen LogP contribution in [0.2, 0.25) is 5.02 Å². The first-order valence-corrected chi connectivity index (χ1v) is 8.35. The molecule has 8 heteroatoms. The Morgan fingerprint density at radius 3 is 2.70 bits per heavy atom. The Morgan fingerprint density at radius 2 is 1.96 bits per heavy atom. The first-order valence-electron chi connectivity index (χ1n) is 7.97. The summed E-state index contributed by atoms with van der Waals surface area (Å²) in [5.41, 5.74) is 4.88. The Balaban J connectivity index is 1.70. The fourth-order valence-electron chi connectivity index (χ4n) is 2.39. The molecule has 0 saturated heterocycles. The van der Waals surface area contributed by atoms with Gasteiger partial charge in [-0.3, -0.25) is 9.89 Å². The number of benzene rings is 2. The number of H-pyrrole nitrogens is 1. The highest BCUT2D eigenvalue weighted by atomic mass is 35.5. The van der Waals surface area contributed by atoms with E-state index in [2.05, 4.69) is 20.7 Å². The Hall–Kier alpha value is -3.32. The Kier molecular flexibility index (Phi) is 5.73. The summed E-state index contributed by atoms with van der Waals surface area (Å²) < 4.78 is 10.5. The van der Waals surface area contributed by atoms with Crippen molar-refractivity contribution in [2.45, 2.75) is 0 Å². The summed E-state index contributed by atoms with van der Waals surface area (Å²) in [5, 5.41) is 11.4. The fraction of sp³-hybridized carbons (Fsp3) is 0.105. The Labute approximate surface area is 161 Å². The molecule has 1 aromatic heterocycles. The highest BCUT2D eigenvalue weighted by molar-refractivity contribution is 6.30. The third kappa shape index (κ3) is 4.45. The van der Waals surface area contributed by atoms with E-state index in [1.807, 2.05) is 12.1 Å². The van der Waals surface area contributed by atoms with Gasteiger partial charge in [0.1, 0.15) is 5.69 Å². The molecular formula is C19H17ClN4O3. The Morgan fingerprint density at radius 1 is 1.15 bits per heavy atom. The molecule has 0 aliphatic carbocycles. The van der Waals surface area contributed by atoms with Crippen LogP contribution in [-0.4, -0.2) is 36.5 Å². The van der Waals surface area contributed by atoms with Gasteiger partial charge in [0.25, 0.3) is 5.91 Å². The van der Waals surface area contributed by atoms with E-state index in [0.717, 1.165) is 11.1 Å². The van der Waals surface area contributed by atoms with E-state index in [9.17, 15) is 4.79 Å². The average Bonchev–Trinajstić information content (AvgIpc) is 3.17. The lowest BCUT2D eigenvalue weighted by molar-refractivity contribution is 0.0950. The highest BCUT2D eigenvalue weighted by Gasteiger charge is 2.12. The molecule has 1 heterocycles. The zero-order valence-electron chi connectivity index (χ0n) is 14.7. The zero-order valence-corrected chi connectivity index (χ0v) is 15.4. The van der Waals surface area contributed by atoms with Crippen LogP contribution in [0.1, 0.15) is 16.1 Å². The normalized spacial score (nSPS) is 10.8. The van der Waals surface area contributed by atoms with Gasteiger partial charge in [0.05, 0.1) is 26.1 Å². The van der Waals surface area contributed by atoms with Crippen molar-refractivity contribution >= 4 is 23.7 Å². The van der Waals surface area contributed by atoms with Crippen molar-refractivity contribution in [1.82, 2.24) is 15.6 Å². The second kappa shape index (κ2) is 8.37. The summed E-state index contributed by atoms with van der Waals surface area (Å²) >= 11 is 5.90. The smallest absolute Gasteiger partial charge is 0.289 e. The standard InChI is InChI=1S/C19H17ClN4O3/c1-26-17-7-6-13(9-18(17)27-2)15-10-16(23-22-15)19(25)24-21-11-12-4-3-5-14(20)8-12/h3-11H,1-2H3,(H,22,23)(H,24,25)/b21-11-. The molecule has 2 N–H and O–H groups in total.